The van der Waals surface area contributed by atoms with Gasteiger partial charge in [-0.2, -0.15) is 10.5 Å². The van der Waals surface area contributed by atoms with Crippen molar-refractivity contribution in [3.05, 3.63) is 21.8 Å². The number of halogens is 1. The largest absolute Gasteiger partial charge is 0.389 e. The first kappa shape index (κ1) is 14.5. The molecule has 0 amide bonds. The number of β-amino-alcohol motifs (C(OH)–C–C–N with tert-alkyl or cyclic N) is 2. The molecule has 2 atom stereocenters. The molecule has 2 N–H and O–H groups in total. The van der Waals surface area contributed by atoms with Crippen LogP contribution in [0.25, 0.3) is 0 Å². The summed E-state index contributed by atoms with van der Waals surface area (Å²) in [6.07, 6.45) is -1.30. The van der Waals surface area contributed by atoms with Crippen molar-refractivity contribution in [3.8, 4) is 12.1 Å². The summed E-state index contributed by atoms with van der Waals surface area (Å²) in [5.74, 6) is 0.309. The summed E-state index contributed by atoms with van der Waals surface area (Å²) in [6.45, 7) is 2.17. The molecule has 104 valence electrons. The number of hydrogen-bond donors (Lipinski definition) is 2. The third-order valence-electron chi connectivity index (χ3n) is 3.37. The number of nitriles is 2. The van der Waals surface area contributed by atoms with Crippen LogP contribution in [-0.4, -0.2) is 40.5 Å². The van der Waals surface area contributed by atoms with Crippen molar-refractivity contribution >= 4 is 17.4 Å². The lowest BCUT2D eigenvalue weighted by Crippen LogP contribution is -2.24. The van der Waals surface area contributed by atoms with Gasteiger partial charge in [0.25, 0.3) is 0 Å². The van der Waals surface area contributed by atoms with Crippen molar-refractivity contribution in [2.75, 3.05) is 18.0 Å². The molecular formula is C13H13ClN4O2. The predicted molar refractivity (Wildman–Crippen MR) is 72.3 cm³/mol. The highest BCUT2D eigenvalue weighted by Gasteiger charge is 2.33. The molecule has 1 aliphatic rings. The Kier molecular flexibility index (Phi) is 4.10. The van der Waals surface area contributed by atoms with E-state index in [1.165, 1.54) is 0 Å². The Morgan fingerprint density at radius 2 is 1.80 bits per heavy atom. The Morgan fingerprint density at radius 1 is 1.25 bits per heavy atom. The van der Waals surface area contributed by atoms with Gasteiger partial charge < -0.3 is 15.1 Å². The average molecular weight is 293 g/mol. The molecule has 0 radical (unpaired) electrons. The van der Waals surface area contributed by atoms with Crippen LogP contribution in [0, 0.1) is 22.7 Å². The molecule has 1 saturated heterocycles. The van der Waals surface area contributed by atoms with Gasteiger partial charge in [-0.1, -0.05) is 18.5 Å². The smallest absolute Gasteiger partial charge is 0.149 e. The molecule has 0 aromatic carbocycles. The van der Waals surface area contributed by atoms with Gasteiger partial charge in [-0.05, 0) is 12.0 Å². The standard InChI is InChI=1S/C13H13ClN4O2/c1-2-7-8(3-15)12(14)17-13(9(7)4-16)18-5-10(19)11(20)6-18/h10-11,19-20H,2,5-6H2,1H3/t10-,11+. The Balaban J connectivity index is 2.58. The third kappa shape index (κ3) is 2.30. The first-order valence-electron chi connectivity index (χ1n) is 6.17. The van der Waals surface area contributed by atoms with E-state index >= 15 is 0 Å². The van der Waals surface area contributed by atoms with Gasteiger partial charge in [0, 0.05) is 13.1 Å². The second kappa shape index (κ2) is 5.64. The van der Waals surface area contributed by atoms with Crippen molar-refractivity contribution < 1.29 is 10.2 Å². The van der Waals surface area contributed by atoms with E-state index in [-0.39, 0.29) is 29.4 Å². The van der Waals surface area contributed by atoms with Crippen LogP contribution in [0.15, 0.2) is 0 Å². The minimum atomic E-state index is -0.886. The normalized spacial score (nSPS) is 21.6. The molecule has 0 aliphatic carbocycles. The maximum absolute atomic E-state index is 9.60. The van der Waals surface area contributed by atoms with Crippen molar-refractivity contribution in [2.45, 2.75) is 25.6 Å². The summed E-state index contributed by atoms with van der Waals surface area (Å²) in [4.78, 5) is 5.71. The number of nitrogens with zero attached hydrogens (tertiary/aromatic N) is 4. The molecule has 0 bridgehead atoms. The maximum Gasteiger partial charge on any atom is 0.149 e. The Hall–Kier alpha value is -1.86. The number of hydrogen-bond acceptors (Lipinski definition) is 6. The number of rotatable bonds is 2. The first-order chi connectivity index (χ1) is 9.53. The highest BCUT2D eigenvalue weighted by molar-refractivity contribution is 6.30. The van der Waals surface area contributed by atoms with Gasteiger partial charge >= 0.3 is 0 Å². The molecule has 0 spiro atoms. The molecular weight excluding hydrogens is 280 g/mol. The molecule has 0 saturated carbocycles. The maximum atomic E-state index is 9.60. The number of anilines is 1. The lowest BCUT2D eigenvalue weighted by atomic mass is 10.0. The molecule has 2 rings (SSSR count). The molecule has 1 aromatic rings. The summed E-state index contributed by atoms with van der Waals surface area (Å²) in [6, 6.07) is 4.01. The van der Waals surface area contributed by atoms with E-state index in [4.69, 9.17) is 16.9 Å². The number of aliphatic hydroxyl groups is 2. The van der Waals surface area contributed by atoms with Crippen LogP contribution >= 0.6 is 11.6 Å². The summed E-state index contributed by atoms with van der Waals surface area (Å²) in [5, 5.41) is 37.7. The van der Waals surface area contributed by atoms with Crippen molar-refractivity contribution in [3.63, 3.8) is 0 Å². The second-order valence-corrected chi connectivity index (χ2v) is 4.93. The highest BCUT2D eigenvalue weighted by Crippen LogP contribution is 2.31. The Morgan fingerprint density at radius 3 is 2.25 bits per heavy atom. The fourth-order valence-electron chi connectivity index (χ4n) is 2.35. The van der Waals surface area contributed by atoms with Gasteiger partial charge in [0.15, 0.2) is 0 Å². The zero-order valence-electron chi connectivity index (χ0n) is 10.8. The van der Waals surface area contributed by atoms with Gasteiger partial charge in [-0.3, -0.25) is 0 Å². The molecule has 6 nitrogen and oxygen atoms in total. The molecule has 0 unspecified atom stereocenters. The van der Waals surface area contributed by atoms with Crippen LogP contribution in [0.1, 0.15) is 23.6 Å². The lowest BCUT2D eigenvalue weighted by Gasteiger charge is -2.20. The summed E-state index contributed by atoms with van der Waals surface area (Å²) < 4.78 is 0. The number of aliphatic hydroxyl groups excluding tert-OH is 2. The molecule has 1 aliphatic heterocycles. The van der Waals surface area contributed by atoms with Crippen molar-refractivity contribution in [1.82, 2.24) is 4.98 Å². The van der Waals surface area contributed by atoms with Gasteiger partial charge in [-0.15, -0.1) is 0 Å². The Labute approximate surface area is 121 Å². The fourth-order valence-corrected chi connectivity index (χ4v) is 2.58. The average Bonchev–Trinajstić information content (AvgIpc) is 2.77. The molecule has 1 aromatic heterocycles. The van der Waals surface area contributed by atoms with E-state index in [9.17, 15) is 15.5 Å². The Bertz CT molecular complexity index is 610. The van der Waals surface area contributed by atoms with E-state index in [0.29, 0.717) is 17.8 Å². The lowest BCUT2D eigenvalue weighted by molar-refractivity contribution is 0.0572. The van der Waals surface area contributed by atoms with Crippen molar-refractivity contribution in [1.29, 1.82) is 10.5 Å². The fraction of sp³-hybridized carbons (Fsp3) is 0.462. The van der Waals surface area contributed by atoms with Gasteiger partial charge in [-0.25, -0.2) is 4.98 Å². The first-order valence-corrected chi connectivity index (χ1v) is 6.54. The zero-order chi connectivity index (χ0) is 14.9. The van der Waals surface area contributed by atoms with Gasteiger partial charge in [0.2, 0.25) is 0 Å². The molecule has 20 heavy (non-hydrogen) atoms. The minimum absolute atomic E-state index is 0.0363. The van der Waals surface area contributed by atoms with Gasteiger partial charge in [0.1, 0.15) is 23.1 Å². The molecule has 2 heterocycles. The molecule has 7 heteroatoms. The van der Waals surface area contributed by atoms with Gasteiger partial charge in [0.05, 0.1) is 23.3 Å². The number of aromatic nitrogens is 1. The zero-order valence-corrected chi connectivity index (χ0v) is 11.6. The van der Waals surface area contributed by atoms with E-state index < -0.39 is 12.2 Å². The predicted octanol–water partition coefficient (Wildman–Crippen LogP) is 0.583. The minimum Gasteiger partial charge on any atom is -0.389 e. The number of pyridine rings is 1. The van der Waals surface area contributed by atoms with E-state index in [1.807, 2.05) is 19.1 Å². The van der Waals surface area contributed by atoms with Crippen LogP contribution in [0.5, 0.6) is 0 Å². The van der Waals surface area contributed by atoms with Crippen molar-refractivity contribution in [2.24, 2.45) is 0 Å². The summed E-state index contributed by atoms with van der Waals surface area (Å²) in [5.41, 5.74) is 1.02. The quantitative estimate of drug-likeness (QED) is 0.773. The van der Waals surface area contributed by atoms with Crippen LogP contribution < -0.4 is 4.90 Å². The topological polar surface area (TPSA) is 104 Å². The highest BCUT2D eigenvalue weighted by atomic mass is 35.5. The van der Waals surface area contributed by atoms with Crippen LogP contribution in [0.2, 0.25) is 5.15 Å². The van der Waals surface area contributed by atoms with Crippen LogP contribution in [-0.2, 0) is 6.42 Å². The summed E-state index contributed by atoms with van der Waals surface area (Å²) in [7, 11) is 0. The van der Waals surface area contributed by atoms with Crippen LogP contribution in [0.3, 0.4) is 0 Å². The van der Waals surface area contributed by atoms with E-state index in [0.717, 1.165) is 0 Å². The molecule has 1 fully saturated rings. The monoisotopic (exact) mass is 292 g/mol. The summed E-state index contributed by atoms with van der Waals surface area (Å²) >= 11 is 6.00. The second-order valence-electron chi connectivity index (χ2n) is 4.57. The van der Waals surface area contributed by atoms with Crippen LogP contribution in [0.4, 0.5) is 5.82 Å². The van der Waals surface area contributed by atoms with E-state index in [2.05, 4.69) is 4.98 Å². The SMILES string of the molecule is CCc1c(C#N)c(Cl)nc(N2C[C@@H](O)[C@@H](O)C2)c1C#N. The third-order valence-corrected chi connectivity index (χ3v) is 3.65. The van der Waals surface area contributed by atoms with E-state index in [1.54, 1.807) is 4.90 Å².